The molecule has 1 heterocycles. The number of para-hydroxylation sites is 1. The molecule has 0 radical (unpaired) electrons. The van der Waals surface area contributed by atoms with Gasteiger partial charge in [-0.1, -0.05) is 12.1 Å². The monoisotopic (exact) mass is 305 g/mol. The van der Waals surface area contributed by atoms with Gasteiger partial charge in [0, 0.05) is 18.1 Å². The molecule has 1 saturated heterocycles. The predicted molar refractivity (Wildman–Crippen MR) is 80.1 cm³/mol. The number of hydrogen-bond donors (Lipinski definition) is 2. The molecule has 7 heteroatoms. The molecular weight excluding hydrogens is 290 g/mol. The van der Waals surface area contributed by atoms with Crippen LogP contribution in [0.25, 0.3) is 0 Å². The predicted octanol–water partition coefficient (Wildman–Crippen LogP) is 0.999. The molecule has 2 N–H and O–H groups in total. The minimum Gasteiger partial charge on any atom is -0.480 e. The van der Waals surface area contributed by atoms with Crippen molar-refractivity contribution in [3.05, 3.63) is 29.8 Å². The minimum atomic E-state index is -0.910. The molecule has 2 rings (SSSR count). The second-order valence-corrected chi connectivity index (χ2v) is 5.75. The molecule has 1 fully saturated rings. The van der Waals surface area contributed by atoms with E-state index in [2.05, 4.69) is 5.32 Å². The lowest BCUT2D eigenvalue weighted by molar-refractivity contribution is -0.142. The third-order valence-electron chi connectivity index (χ3n) is 3.19. The third-order valence-corrected chi connectivity index (χ3v) is 4.22. The van der Waals surface area contributed by atoms with Crippen LogP contribution in [0.3, 0.4) is 0 Å². The van der Waals surface area contributed by atoms with Gasteiger partial charge in [0.1, 0.15) is 12.1 Å². The van der Waals surface area contributed by atoms with Crippen molar-refractivity contribution in [2.24, 2.45) is 0 Å². The van der Waals surface area contributed by atoms with Gasteiger partial charge in [0.05, 0.1) is 17.8 Å². The van der Waals surface area contributed by atoms with Crippen molar-refractivity contribution in [2.45, 2.75) is 6.04 Å². The quantitative estimate of drug-likeness (QED) is 0.862. The average Bonchev–Trinajstić information content (AvgIpc) is 2.48. The van der Waals surface area contributed by atoms with Crippen LogP contribution in [0.5, 0.6) is 0 Å². The Labute approximate surface area is 126 Å². The number of nitrogens with zero attached hydrogens (tertiary/aromatic N) is 2. The van der Waals surface area contributed by atoms with Gasteiger partial charge in [0.2, 0.25) is 5.91 Å². The van der Waals surface area contributed by atoms with E-state index < -0.39 is 12.0 Å². The Balaban J connectivity index is 2.01. The van der Waals surface area contributed by atoms with E-state index in [4.69, 9.17) is 10.4 Å². The Bertz CT molecular complexity index is 585. The Morgan fingerprint density at radius 3 is 2.95 bits per heavy atom. The summed E-state index contributed by atoms with van der Waals surface area (Å²) in [6.07, 6.45) is 0. The second-order valence-electron chi connectivity index (χ2n) is 4.60. The molecule has 1 aromatic rings. The summed E-state index contributed by atoms with van der Waals surface area (Å²) < 4.78 is 0. The summed E-state index contributed by atoms with van der Waals surface area (Å²) in [5, 5.41) is 20.8. The molecule has 0 saturated carbocycles. The van der Waals surface area contributed by atoms with Crippen LogP contribution in [0.15, 0.2) is 24.3 Å². The van der Waals surface area contributed by atoms with Crippen molar-refractivity contribution in [2.75, 3.05) is 29.9 Å². The summed E-state index contributed by atoms with van der Waals surface area (Å²) in [5.74, 6) is 0.0757. The number of hydrogen-bond acceptors (Lipinski definition) is 5. The van der Waals surface area contributed by atoms with Crippen molar-refractivity contribution in [3.8, 4) is 6.07 Å². The number of benzene rings is 1. The molecule has 6 nitrogen and oxygen atoms in total. The van der Waals surface area contributed by atoms with Gasteiger partial charge in [-0.3, -0.25) is 14.5 Å². The van der Waals surface area contributed by atoms with E-state index in [1.165, 1.54) is 0 Å². The lowest BCUT2D eigenvalue weighted by atomic mass is 10.2. The van der Waals surface area contributed by atoms with Gasteiger partial charge in [-0.05, 0) is 12.1 Å². The molecule has 0 spiro atoms. The summed E-state index contributed by atoms with van der Waals surface area (Å²) in [7, 11) is 0. The van der Waals surface area contributed by atoms with Crippen molar-refractivity contribution >= 4 is 29.3 Å². The fourth-order valence-electron chi connectivity index (χ4n) is 2.12. The SMILES string of the molecule is N#Cc1ccccc1NC(=O)CN1CCSCC1C(=O)O. The zero-order chi connectivity index (χ0) is 15.2. The zero-order valence-corrected chi connectivity index (χ0v) is 12.1. The number of nitriles is 1. The van der Waals surface area contributed by atoms with Gasteiger partial charge in [-0.2, -0.15) is 17.0 Å². The molecule has 1 aromatic carbocycles. The average molecular weight is 305 g/mol. The third kappa shape index (κ3) is 3.97. The second kappa shape index (κ2) is 7.11. The van der Waals surface area contributed by atoms with E-state index in [9.17, 15) is 9.59 Å². The number of anilines is 1. The summed E-state index contributed by atoms with van der Waals surface area (Å²) in [6.45, 7) is 0.576. The van der Waals surface area contributed by atoms with Crippen LogP contribution in [0.4, 0.5) is 5.69 Å². The molecule has 0 bridgehead atoms. The summed E-state index contributed by atoms with van der Waals surface area (Å²) >= 11 is 1.57. The summed E-state index contributed by atoms with van der Waals surface area (Å²) in [6, 6.07) is 8.08. The maximum atomic E-state index is 12.1. The number of rotatable bonds is 4. The van der Waals surface area contributed by atoms with Gasteiger partial charge in [-0.25, -0.2) is 0 Å². The normalized spacial score (nSPS) is 18.7. The first-order valence-electron chi connectivity index (χ1n) is 6.45. The molecule has 1 unspecified atom stereocenters. The zero-order valence-electron chi connectivity index (χ0n) is 11.3. The van der Waals surface area contributed by atoms with Crippen LogP contribution in [-0.4, -0.2) is 52.5 Å². The Kier molecular flexibility index (Phi) is 5.20. The van der Waals surface area contributed by atoms with E-state index in [0.717, 1.165) is 5.75 Å². The molecule has 1 aliphatic heterocycles. The summed E-state index contributed by atoms with van der Waals surface area (Å²) in [5.41, 5.74) is 0.832. The maximum Gasteiger partial charge on any atom is 0.321 e. The Morgan fingerprint density at radius 1 is 1.48 bits per heavy atom. The smallest absolute Gasteiger partial charge is 0.321 e. The standard InChI is InChI=1S/C14H15N3O3S/c15-7-10-3-1-2-4-11(10)16-13(18)8-17-5-6-21-9-12(17)14(19)20/h1-4,12H,5-6,8-9H2,(H,16,18)(H,19,20). The number of carboxylic acid groups (broad SMARTS) is 1. The Morgan fingerprint density at radius 2 is 2.24 bits per heavy atom. The van der Waals surface area contributed by atoms with Crippen LogP contribution in [0.1, 0.15) is 5.56 Å². The number of carbonyl (C=O) groups is 2. The number of thioether (sulfide) groups is 1. The molecule has 110 valence electrons. The molecule has 1 aliphatic rings. The number of carbonyl (C=O) groups excluding carboxylic acids is 1. The topological polar surface area (TPSA) is 93.4 Å². The van der Waals surface area contributed by atoms with Crippen LogP contribution in [0.2, 0.25) is 0 Å². The van der Waals surface area contributed by atoms with Gasteiger partial charge >= 0.3 is 5.97 Å². The minimum absolute atomic E-state index is 0.0112. The first kappa shape index (κ1) is 15.4. The molecule has 0 aromatic heterocycles. The number of carboxylic acids is 1. The highest BCUT2D eigenvalue weighted by molar-refractivity contribution is 7.99. The van der Waals surface area contributed by atoms with Gasteiger partial charge in [0.15, 0.2) is 0 Å². The van der Waals surface area contributed by atoms with Crippen LogP contribution >= 0.6 is 11.8 Å². The molecule has 1 amide bonds. The lowest BCUT2D eigenvalue weighted by Gasteiger charge is -2.31. The molecule has 1 atom stereocenters. The van der Waals surface area contributed by atoms with E-state index in [0.29, 0.717) is 23.5 Å². The van der Waals surface area contributed by atoms with Crippen LogP contribution in [0, 0.1) is 11.3 Å². The fraction of sp³-hybridized carbons (Fsp3) is 0.357. The Hall–Kier alpha value is -2.04. The van der Waals surface area contributed by atoms with E-state index >= 15 is 0 Å². The number of amides is 1. The van der Waals surface area contributed by atoms with E-state index in [-0.39, 0.29) is 12.5 Å². The molecule has 0 aliphatic carbocycles. The van der Waals surface area contributed by atoms with E-state index in [1.54, 1.807) is 40.9 Å². The maximum absolute atomic E-state index is 12.1. The van der Waals surface area contributed by atoms with Crippen molar-refractivity contribution in [1.29, 1.82) is 5.26 Å². The van der Waals surface area contributed by atoms with Gasteiger partial charge < -0.3 is 10.4 Å². The van der Waals surface area contributed by atoms with Crippen LogP contribution < -0.4 is 5.32 Å². The van der Waals surface area contributed by atoms with Gasteiger partial charge in [0.25, 0.3) is 0 Å². The van der Waals surface area contributed by atoms with Crippen molar-refractivity contribution in [3.63, 3.8) is 0 Å². The molecular formula is C14H15N3O3S. The molecule has 21 heavy (non-hydrogen) atoms. The first-order chi connectivity index (χ1) is 10.1. The highest BCUT2D eigenvalue weighted by atomic mass is 32.2. The van der Waals surface area contributed by atoms with Crippen LogP contribution in [-0.2, 0) is 9.59 Å². The van der Waals surface area contributed by atoms with E-state index in [1.807, 2.05) is 6.07 Å². The highest BCUT2D eigenvalue weighted by Gasteiger charge is 2.30. The first-order valence-corrected chi connectivity index (χ1v) is 7.61. The fourth-order valence-corrected chi connectivity index (χ4v) is 3.23. The summed E-state index contributed by atoms with van der Waals surface area (Å²) in [4.78, 5) is 24.9. The highest BCUT2D eigenvalue weighted by Crippen LogP contribution is 2.17. The number of nitrogens with one attached hydrogen (secondary N) is 1. The van der Waals surface area contributed by atoms with Crippen molar-refractivity contribution in [1.82, 2.24) is 4.90 Å². The van der Waals surface area contributed by atoms with Gasteiger partial charge in [-0.15, -0.1) is 0 Å². The van der Waals surface area contributed by atoms with Crippen molar-refractivity contribution < 1.29 is 14.7 Å². The largest absolute Gasteiger partial charge is 0.480 e. The number of aliphatic carboxylic acids is 1. The lowest BCUT2D eigenvalue weighted by Crippen LogP contribution is -2.50.